The molecule has 0 saturated heterocycles. The van der Waals surface area contributed by atoms with Crippen molar-refractivity contribution in [3.63, 3.8) is 0 Å². The maximum absolute atomic E-state index is 10.7. The minimum absolute atomic E-state index is 0.425. The first kappa shape index (κ1) is 14.2. The Kier molecular flexibility index (Phi) is 5.69. The topological polar surface area (TPSA) is 49.3 Å². The van der Waals surface area contributed by atoms with Crippen LogP contribution in [0.1, 0.15) is 46.5 Å². The Hall–Kier alpha value is -0.830. The van der Waals surface area contributed by atoms with E-state index in [1.54, 1.807) is 13.0 Å². The van der Waals surface area contributed by atoms with E-state index in [0.717, 1.165) is 5.92 Å². The molecular formula is C14H25NO2. The van der Waals surface area contributed by atoms with Gasteiger partial charge in [0, 0.05) is 18.2 Å². The summed E-state index contributed by atoms with van der Waals surface area (Å²) in [5.74, 6) is 0.621. The van der Waals surface area contributed by atoms with Gasteiger partial charge in [-0.15, -0.1) is 0 Å². The van der Waals surface area contributed by atoms with Crippen LogP contribution in [0.2, 0.25) is 0 Å². The van der Waals surface area contributed by atoms with Crippen molar-refractivity contribution in [3.05, 3.63) is 11.6 Å². The quantitative estimate of drug-likeness (QED) is 0.725. The van der Waals surface area contributed by atoms with Gasteiger partial charge in [0.15, 0.2) is 0 Å². The number of carboxylic acid groups (broad SMARTS) is 1. The average molecular weight is 239 g/mol. The summed E-state index contributed by atoms with van der Waals surface area (Å²) in [7, 11) is 0. The zero-order chi connectivity index (χ0) is 12.8. The molecule has 1 fully saturated rings. The fraction of sp³-hybridized carbons (Fsp3) is 0.786. The van der Waals surface area contributed by atoms with Crippen molar-refractivity contribution >= 4 is 5.97 Å². The normalized spacial score (nSPS) is 26.2. The SMILES string of the molecule is C/C(=C/CNC1CCCCC1C(C)C)C(=O)O. The van der Waals surface area contributed by atoms with Crippen LogP contribution < -0.4 is 5.32 Å². The van der Waals surface area contributed by atoms with E-state index in [-0.39, 0.29) is 0 Å². The van der Waals surface area contributed by atoms with E-state index < -0.39 is 5.97 Å². The Balaban J connectivity index is 2.43. The monoisotopic (exact) mass is 239 g/mol. The molecule has 1 aliphatic carbocycles. The third-order valence-corrected chi connectivity index (χ3v) is 3.80. The summed E-state index contributed by atoms with van der Waals surface area (Å²) in [6, 6.07) is 0.557. The van der Waals surface area contributed by atoms with Crippen molar-refractivity contribution < 1.29 is 9.90 Å². The lowest BCUT2D eigenvalue weighted by Gasteiger charge is -2.34. The Morgan fingerprint density at radius 1 is 1.41 bits per heavy atom. The summed E-state index contributed by atoms with van der Waals surface area (Å²) in [4.78, 5) is 10.7. The van der Waals surface area contributed by atoms with Crippen LogP contribution in [0.15, 0.2) is 11.6 Å². The van der Waals surface area contributed by atoms with Crippen LogP contribution in [0.4, 0.5) is 0 Å². The maximum atomic E-state index is 10.7. The minimum Gasteiger partial charge on any atom is -0.478 e. The predicted molar refractivity (Wildman–Crippen MR) is 70.0 cm³/mol. The van der Waals surface area contributed by atoms with Crippen LogP contribution in [0, 0.1) is 11.8 Å². The molecule has 0 radical (unpaired) electrons. The van der Waals surface area contributed by atoms with Gasteiger partial charge in [-0.2, -0.15) is 0 Å². The summed E-state index contributed by atoms with van der Waals surface area (Å²) in [6.45, 7) is 6.88. The summed E-state index contributed by atoms with van der Waals surface area (Å²) >= 11 is 0. The molecule has 0 aliphatic heterocycles. The summed E-state index contributed by atoms with van der Waals surface area (Å²) in [5, 5.41) is 12.3. The van der Waals surface area contributed by atoms with E-state index in [0.29, 0.717) is 24.1 Å². The first-order valence-electron chi connectivity index (χ1n) is 6.65. The standard InChI is InChI=1S/C14H25NO2/c1-10(2)12-6-4-5-7-13(12)15-9-8-11(3)14(16)17/h8,10,12-13,15H,4-7,9H2,1-3H3,(H,16,17)/b11-8-. The van der Waals surface area contributed by atoms with Gasteiger partial charge in [-0.25, -0.2) is 4.79 Å². The van der Waals surface area contributed by atoms with E-state index in [2.05, 4.69) is 19.2 Å². The zero-order valence-corrected chi connectivity index (χ0v) is 11.2. The van der Waals surface area contributed by atoms with E-state index in [1.807, 2.05) is 0 Å². The van der Waals surface area contributed by atoms with Gasteiger partial charge < -0.3 is 10.4 Å². The number of carbonyl (C=O) groups is 1. The largest absolute Gasteiger partial charge is 0.478 e. The van der Waals surface area contributed by atoms with Gasteiger partial charge in [0.1, 0.15) is 0 Å². The van der Waals surface area contributed by atoms with Crippen LogP contribution >= 0.6 is 0 Å². The van der Waals surface area contributed by atoms with Crippen molar-refractivity contribution in [2.24, 2.45) is 11.8 Å². The van der Waals surface area contributed by atoms with Gasteiger partial charge in [0.25, 0.3) is 0 Å². The molecule has 1 saturated carbocycles. The van der Waals surface area contributed by atoms with Gasteiger partial charge in [-0.3, -0.25) is 0 Å². The van der Waals surface area contributed by atoms with Crippen molar-refractivity contribution in [1.29, 1.82) is 0 Å². The van der Waals surface area contributed by atoms with Crippen LogP contribution in [0.25, 0.3) is 0 Å². The number of rotatable bonds is 5. The first-order valence-corrected chi connectivity index (χ1v) is 6.65. The third kappa shape index (κ3) is 4.50. The number of nitrogens with one attached hydrogen (secondary N) is 1. The molecule has 2 atom stereocenters. The van der Waals surface area contributed by atoms with E-state index in [9.17, 15) is 4.79 Å². The zero-order valence-electron chi connectivity index (χ0n) is 11.2. The van der Waals surface area contributed by atoms with Gasteiger partial charge in [0.05, 0.1) is 0 Å². The van der Waals surface area contributed by atoms with Crippen molar-refractivity contribution in [2.45, 2.75) is 52.5 Å². The highest BCUT2D eigenvalue weighted by Crippen LogP contribution is 2.29. The smallest absolute Gasteiger partial charge is 0.330 e. The molecule has 0 bridgehead atoms. The van der Waals surface area contributed by atoms with E-state index in [4.69, 9.17) is 5.11 Å². The molecule has 3 nitrogen and oxygen atoms in total. The number of carboxylic acids is 1. The van der Waals surface area contributed by atoms with Crippen molar-refractivity contribution in [2.75, 3.05) is 6.54 Å². The Bertz CT molecular complexity index is 284. The minimum atomic E-state index is -0.823. The second-order valence-corrected chi connectivity index (χ2v) is 5.40. The van der Waals surface area contributed by atoms with Crippen LogP contribution in [0.3, 0.4) is 0 Å². The molecular weight excluding hydrogens is 214 g/mol. The van der Waals surface area contributed by atoms with E-state index in [1.165, 1.54) is 25.7 Å². The average Bonchev–Trinajstić information content (AvgIpc) is 2.29. The molecule has 1 rings (SSSR count). The Morgan fingerprint density at radius 2 is 2.06 bits per heavy atom. The summed E-state index contributed by atoms with van der Waals surface area (Å²) in [6.07, 6.45) is 6.93. The molecule has 0 heterocycles. The van der Waals surface area contributed by atoms with Gasteiger partial charge in [0.2, 0.25) is 0 Å². The number of hydrogen-bond donors (Lipinski definition) is 2. The molecule has 2 N–H and O–H groups in total. The van der Waals surface area contributed by atoms with Gasteiger partial charge in [-0.05, 0) is 31.6 Å². The van der Waals surface area contributed by atoms with E-state index >= 15 is 0 Å². The molecule has 0 aromatic rings. The van der Waals surface area contributed by atoms with Crippen molar-refractivity contribution in [3.8, 4) is 0 Å². The highest BCUT2D eigenvalue weighted by molar-refractivity contribution is 5.85. The van der Waals surface area contributed by atoms with Crippen LogP contribution in [0.5, 0.6) is 0 Å². The predicted octanol–water partition coefficient (Wildman–Crippen LogP) is 2.82. The Labute approximate surface area is 104 Å². The molecule has 0 spiro atoms. The van der Waals surface area contributed by atoms with Gasteiger partial charge in [-0.1, -0.05) is 32.8 Å². The molecule has 2 unspecified atom stereocenters. The number of aliphatic carboxylic acids is 1. The second kappa shape index (κ2) is 6.80. The molecule has 0 aromatic carbocycles. The van der Waals surface area contributed by atoms with Crippen LogP contribution in [-0.2, 0) is 4.79 Å². The second-order valence-electron chi connectivity index (χ2n) is 5.40. The third-order valence-electron chi connectivity index (χ3n) is 3.80. The lowest BCUT2D eigenvalue weighted by Crippen LogP contribution is -2.41. The lowest BCUT2D eigenvalue weighted by atomic mass is 9.78. The molecule has 3 heteroatoms. The lowest BCUT2D eigenvalue weighted by molar-refractivity contribution is -0.132. The highest BCUT2D eigenvalue weighted by Gasteiger charge is 2.26. The molecule has 17 heavy (non-hydrogen) atoms. The fourth-order valence-corrected chi connectivity index (χ4v) is 2.66. The maximum Gasteiger partial charge on any atom is 0.330 e. The molecule has 1 aliphatic rings. The van der Waals surface area contributed by atoms with Gasteiger partial charge >= 0.3 is 5.97 Å². The van der Waals surface area contributed by atoms with Crippen molar-refractivity contribution in [1.82, 2.24) is 5.32 Å². The summed E-state index contributed by atoms with van der Waals surface area (Å²) < 4.78 is 0. The highest BCUT2D eigenvalue weighted by atomic mass is 16.4. The van der Waals surface area contributed by atoms with Crippen LogP contribution in [-0.4, -0.2) is 23.7 Å². The Morgan fingerprint density at radius 3 is 2.65 bits per heavy atom. The molecule has 98 valence electrons. The molecule has 0 aromatic heterocycles. The first-order chi connectivity index (χ1) is 8.02. The summed E-state index contributed by atoms with van der Waals surface area (Å²) in [5.41, 5.74) is 0.425. The number of hydrogen-bond acceptors (Lipinski definition) is 2. The fourth-order valence-electron chi connectivity index (χ4n) is 2.66. The molecule has 0 amide bonds.